The number of para-hydroxylation sites is 2. The van der Waals surface area contributed by atoms with Crippen molar-refractivity contribution in [3.63, 3.8) is 0 Å². The molecule has 2 aromatic carbocycles. The number of nitrogens with one attached hydrogen (secondary N) is 1. The number of carbonyl (C=O) groups excluding carboxylic acids is 1. The fourth-order valence-corrected chi connectivity index (χ4v) is 2.09. The van der Waals surface area contributed by atoms with Crippen LogP contribution in [0.2, 0.25) is 5.02 Å². The number of nitro groups is 1. The molecule has 2 aromatic rings. The number of amides is 1. The van der Waals surface area contributed by atoms with Crippen molar-refractivity contribution in [2.75, 3.05) is 11.9 Å². The molecule has 0 aliphatic heterocycles. The van der Waals surface area contributed by atoms with Crippen molar-refractivity contribution in [1.29, 1.82) is 0 Å². The zero-order valence-electron chi connectivity index (χ0n) is 11.7. The van der Waals surface area contributed by atoms with E-state index in [4.69, 9.17) is 16.3 Å². The van der Waals surface area contributed by atoms with Crippen LogP contribution in [-0.4, -0.2) is 17.4 Å². The molecule has 0 aliphatic rings. The lowest BCUT2D eigenvalue weighted by atomic mass is 10.2. The molecule has 1 amide bonds. The highest BCUT2D eigenvalue weighted by Crippen LogP contribution is 2.27. The average molecular weight is 321 g/mol. The molecule has 0 fully saturated rings. The Hall–Kier alpha value is -2.60. The lowest BCUT2D eigenvalue weighted by molar-refractivity contribution is -0.384. The summed E-state index contributed by atoms with van der Waals surface area (Å²) in [5.74, 6) is 0.121. The van der Waals surface area contributed by atoms with Crippen molar-refractivity contribution in [2.45, 2.75) is 6.92 Å². The van der Waals surface area contributed by atoms with Gasteiger partial charge in [0, 0.05) is 11.6 Å². The summed E-state index contributed by atoms with van der Waals surface area (Å²) in [6.45, 7) is 2.31. The van der Waals surface area contributed by atoms with E-state index in [1.54, 1.807) is 24.3 Å². The first-order valence-corrected chi connectivity index (χ1v) is 6.88. The van der Waals surface area contributed by atoms with Crippen LogP contribution >= 0.6 is 11.6 Å². The highest BCUT2D eigenvalue weighted by Gasteiger charge is 2.16. The van der Waals surface area contributed by atoms with Crippen LogP contribution in [0.15, 0.2) is 42.5 Å². The Balaban J connectivity index is 2.23. The van der Waals surface area contributed by atoms with E-state index in [-0.39, 0.29) is 16.3 Å². The molecule has 0 heterocycles. The second kappa shape index (κ2) is 6.91. The topological polar surface area (TPSA) is 81.5 Å². The lowest BCUT2D eigenvalue weighted by Gasteiger charge is -2.11. The molecule has 0 saturated carbocycles. The number of hydrogen-bond acceptors (Lipinski definition) is 4. The maximum Gasteiger partial charge on any atom is 0.287 e. The largest absolute Gasteiger partial charge is 0.492 e. The van der Waals surface area contributed by atoms with Gasteiger partial charge in [-0.05, 0) is 31.2 Å². The number of ether oxygens (including phenoxy) is 1. The van der Waals surface area contributed by atoms with Gasteiger partial charge < -0.3 is 10.1 Å². The fraction of sp³-hybridized carbons (Fsp3) is 0.133. The highest BCUT2D eigenvalue weighted by atomic mass is 35.5. The van der Waals surface area contributed by atoms with Crippen molar-refractivity contribution in [3.8, 4) is 5.75 Å². The van der Waals surface area contributed by atoms with E-state index in [0.29, 0.717) is 18.0 Å². The predicted octanol–water partition coefficient (Wildman–Crippen LogP) is 3.90. The van der Waals surface area contributed by atoms with Gasteiger partial charge in [0.1, 0.15) is 10.8 Å². The number of nitrogens with zero attached hydrogens (tertiary/aromatic N) is 1. The zero-order chi connectivity index (χ0) is 16.1. The van der Waals surface area contributed by atoms with Crippen LogP contribution in [-0.2, 0) is 0 Å². The van der Waals surface area contributed by atoms with Crippen molar-refractivity contribution < 1.29 is 14.5 Å². The summed E-state index contributed by atoms with van der Waals surface area (Å²) < 4.78 is 5.42. The number of carbonyl (C=O) groups is 1. The summed E-state index contributed by atoms with van der Waals surface area (Å²) in [6, 6.07) is 10.8. The molecule has 1 N–H and O–H groups in total. The van der Waals surface area contributed by atoms with Gasteiger partial charge in [-0.3, -0.25) is 14.9 Å². The van der Waals surface area contributed by atoms with E-state index >= 15 is 0 Å². The molecule has 0 unspecified atom stereocenters. The van der Waals surface area contributed by atoms with E-state index in [1.807, 2.05) is 6.92 Å². The number of benzene rings is 2. The molecule has 0 aromatic heterocycles. The molecule has 0 aliphatic carbocycles. The normalized spacial score (nSPS) is 10.1. The van der Waals surface area contributed by atoms with Gasteiger partial charge in [-0.25, -0.2) is 0 Å². The predicted molar refractivity (Wildman–Crippen MR) is 83.7 cm³/mol. The Morgan fingerprint density at radius 2 is 2.05 bits per heavy atom. The second-order valence-electron chi connectivity index (χ2n) is 4.31. The summed E-state index contributed by atoms with van der Waals surface area (Å²) in [5, 5.41) is 13.3. The van der Waals surface area contributed by atoms with E-state index in [1.165, 1.54) is 18.2 Å². The van der Waals surface area contributed by atoms with Crippen LogP contribution < -0.4 is 10.1 Å². The molecule has 0 saturated heterocycles. The highest BCUT2D eigenvalue weighted by molar-refractivity contribution is 6.33. The van der Waals surface area contributed by atoms with Crippen molar-refractivity contribution >= 4 is 28.9 Å². The Kier molecular flexibility index (Phi) is 4.95. The smallest absolute Gasteiger partial charge is 0.287 e. The Bertz CT molecular complexity index is 718. The van der Waals surface area contributed by atoms with Gasteiger partial charge in [-0.2, -0.15) is 0 Å². The van der Waals surface area contributed by atoms with Gasteiger partial charge in [0.05, 0.1) is 17.2 Å². The molecular weight excluding hydrogens is 308 g/mol. The molecule has 0 radical (unpaired) electrons. The van der Waals surface area contributed by atoms with Crippen LogP contribution in [0.4, 0.5) is 11.4 Å². The molecule has 114 valence electrons. The lowest BCUT2D eigenvalue weighted by Crippen LogP contribution is -2.13. The fourth-order valence-electron chi connectivity index (χ4n) is 1.84. The van der Waals surface area contributed by atoms with E-state index < -0.39 is 10.8 Å². The van der Waals surface area contributed by atoms with Crippen molar-refractivity contribution in [2.24, 2.45) is 0 Å². The van der Waals surface area contributed by atoms with Gasteiger partial charge in [-0.1, -0.05) is 23.7 Å². The number of anilines is 1. The maximum absolute atomic E-state index is 12.2. The minimum absolute atomic E-state index is 0.0873. The standard InChI is InChI=1S/C15H13ClN2O4/c1-2-22-14-6-4-3-5-12(14)17-15(19)10-7-8-13(18(20)21)11(16)9-10/h3-9H,2H2,1H3,(H,17,19). The Morgan fingerprint density at radius 3 is 2.68 bits per heavy atom. The minimum Gasteiger partial charge on any atom is -0.492 e. The third kappa shape index (κ3) is 3.53. The number of halogens is 1. The molecule has 22 heavy (non-hydrogen) atoms. The van der Waals surface area contributed by atoms with E-state index in [2.05, 4.69) is 5.32 Å². The molecule has 0 atom stereocenters. The molecule has 2 rings (SSSR count). The van der Waals surface area contributed by atoms with Crippen LogP contribution in [0.3, 0.4) is 0 Å². The Morgan fingerprint density at radius 1 is 1.32 bits per heavy atom. The molecule has 7 heteroatoms. The van der Waals surface area contributed by atoms with Gasteiger partial charge in [0.25, 0.3) is 11.6 Å². The van der Waals surface area contributed by atoms with Gasteiger partial charge >= 0.3 is 0 Å². The Labute approximate surface area is 131 Å². The van der Waals surface area contributed by atoms with Crippen LogP contribution in [0.5, 0.6) is 5.75 Å². The maximum atomic E-state index is 12.2. The van der Waals surface area contributed by atoms with E-state index in [0.717, 1.165) is 0 Å². The van der Waals surface area contributed by atoms with Gasteiger partial charge in [0.2, 0.25) is 0 Å². The van der Waals surface area contributed by atoms with Crippen LogP contribution in [0, 0.1) is 10.1 Å². The van der Waals surface area contributed by atoms with Crippen molar-refractivity contribution in [1.82, 2.24) is 0 Å². The number of hydrogen-bond donors (Lipinski definition) is 1. The minimum atomic E-state index is -0.603. The summed E-state index contributed by atoms with van der Waals surface area (Å²) >= 11 is 5.81. The first-order chi connectivity index (χ1) is 10.5. The van der Waals surface area contributed by atoms with E-state index in [9.17, 15) is 14.9 Å². The number of rotatable bonds is 5. The van der Waals surface area contributed by atoms with Gasteiger partial charge in [0.15, 0.2) is 0 Å². The molecule has 6 nitrogen and oxygen atoms in total. The van der Waals surface area contributed by atoms with Crippen LogP contribution in [0.25, 0.3) is 0 Å². The molecule has 0 spiro atoms. The first-order valence-electron chi connectivity index (χ1n) is 6.50. The van der Waals surface area contributed by atoms with Crippen LogP contribution in [0.1, 0.15) is 17.3 Å². The average Bonchev–Trinajstić information content (AvgIpc) is 2.49. The number of nitro benzene ring substituents is 1. The SMILES string of the molecule is CCOc1ccccc1NC(=O)c1ccc([N+](=O)[O-])c(Cl)c1. The summed E-state index contributed by atoms with van der Waals surface area (Å²) in [6.07, 6.45) is 0. The molecular formula is C15H13ClN2O4. The zero-order valence-corrected chi connectivity index (χ0v) is 12.5. The first kappa shape index (κ1) is 15.8. The second-order valence-corrected chi connectivity index (χ2v) is 4.71. The third-order valence-corrected chi connectivity index (χ3v) is 3.14. The molecule has 0 bridgehead atoms. The van der Waals surface area contributed by atoms with Crippen molar-refractivity contribution in [3.05, 3.63) is 63.2 Å². The quantitative estimate of drug-likeness (QED) is 0.669. The summed E-state index contributed by atoms with van der Waals surface area (Å²) in [4.78, 5) is 22.3. The monoisotopic (exact) mass is 320 g/mol. The third-order valence-electron chi connectivity index (χ3n) is 2.84. The van der Waals surface area contributed by atoms with Gasteiger partial charge in [-0.15, -0.1) is 0 Å². The summed E-state index contributed by atoms with van der Waals surface area (Å²) in [7, 11) is 0. The summed E-state index contributed by atoms with van der Waals surface area (Å²) in [5.41, 5.74) is 0.499.